The van der Waals surface area contributed by atoms with E-state index in [1.54, 1.807) is 27.8 Å². The Morgan fingerprint density at radius 1 is 1.32 bits per heavy atom. The largest absolute Gasteiger partial charge is 0.485 e. The Morgan fingerprint density at radius 2 is 2.12 bits per heavy atom. The minimum absolute atomic E-state index is 0.0220. The maximum absolute atomic E-state index is 12.4. The third-order valence-electron chi connectivity index (χ3n) is 4.26. The molecule has 2 heterocycles. The number of hydrogen-bond acceptors (Lipinski definition) is 4. The Morgan fingerprint density at radius 3 is 2.80 bits per heavy atom. The summed E-state index contributed by atoms with van der Waals surface area (Å²) in [6, 6.07) is 1.53. The lowest BCUT2D eigenvalue weighted by atomic mass is 10.1. The van der Waals surface area contributed by atoms with Gasteiger partial charge in [-0.25, -0.2) is 9.48 Å². The normalized spacial score (nSPS) is 20.5. The molecule has 0 bridgehead atoms. The molecule has 2 amide bonds. The highest BCUT2D eigenvalue weighted by Gasteiger charge is 2.31. The summed E-state index contributed by atoms with van der Waals surface area (Å²) in [7, 11) is 1.85. The van der Waals surface area contributed by atoms with Crippen molar-refractivity contribution in [2.45, 2.75) is 57.7 Å². The van der Waals surface area contributed by atoms with Gasteiger partial charge in [-0.1, -0.05) is 0 Å². The van der Waals surface area contributed by atoms with Crippen LogP contribution in [0.3, 0.4) is 0 Å². The predicted molar refractivity (Wildman–Crippen MR) is 94.6 cm³/mol. The summed E-state index contributed by atoms with van der Waals surface area (Å²) in [5.41, 5.74) is -0.203. The van der Waals surface area contributed by atoms with Crippen LogP contribution in [0, 0.1) is 0 Å². The minimum Gasteiger partial charge on any atom is -0.485 e. The third kappa shape index (κ3) is 4.12. The second-order valence-corrected chi connectivity index (χ2v) is 7.44. The molecule has 25 heavy (non-hydrogen) atoms. The average molecular weight is 346 g/mol. The molecule has 0 unspecified atom stereocenters. The molecule has 2 N–H and O–H groups in total. The van der Waals surface area contributed by atoms with E-state index in [2.05, 4.69) is 20.8 Å². The molecule has 1 aliphatic rings. The third-order valence-corrected chi connectivity index (χ3v) is 4.26. The Kier molecular flexibility index (Phi) is 4.69. The van der Waals surface area contributed by atoms with Crippen molar-refractivity contribution in [2.24, 2.45) is 7.05 Å². The SMILES string of the molecule is Cn1cc(O[C@@H]2CCC[C@@H]2NC(=O)Nc2ccnn2C(C)(C)C)cn1. The highest BCUT2D eigenvalue weighted by Crippen LogP contribution is 2.25. The van der Waals surface area contributed by atoms with Gasteiger partial charge in [-0.2, -0.15) is 10.2 Å². The molecule has 2 atom stereocenters. The Labute approximate surface area is 147 Å². The molecule has 2 aromatic rings. The van der Waals surface area contributed by atoms with E-state index >= 15 is 0 Å². The number of carbonyl (C=O) groups is 1. The van der Waals surface area contributed by atoms with Crippen molar-refractivity contribution < 1.29 is 9.53 Å². The number of amides is 2. The molecule has 8 nitrogen and oxygen atoms in total. The van der Waals surface area contributed by atoms with Gasteiger partial charge in [-0.3, -0.25) is 10.00 Å². The Hall–Kier alpha value is -2.51. The van der Waals surface area contributed by atoms with Crippen molar-refractivity contribution in [2.75, 3.05) is 5.32 Å². The molecule has 136 valence electrons. The molecular formula is C17H26N6O2. The quantitative estimate of drug-likeness (QED) is 0.890. The lowest BCUT2D eigenvalue weighted by Gasteiger charge is -2.24. The number of nitrogens with one attached hydrogen (secondary N) is 2. The van der Waals surface area contributed by atoms with Gasteiger partial charge in [0.15, 0.2) is 5.75 Å². The van der Waals surface area contributed by atoms with Crippen molar-refractivity contribution in [3.63, 3.8) is 0 Å². The Balaban J connectivity index is 1.59. The van der Waals surface area contributed by atoms with Gasteiger partial charge >= 0.3 is 6.03 Å². The van der Waals surface area contributed by atoms with E-state index < -0.39 is 0 Å². The average Bonchev–Trinajstić information content (AvgIpc) is 3.22. The number of hydrogen-bond donors (Lipinski definition) is 2. The van der Waals surface area contributed by atoms with Gasteiger partial charge in [-0.15, -0.1) is 0 Å². The summed E-state index contributed by atoms with van der Waals surface area (Å²) in [6.45, 7) is 6.12. The van der Waals surface area contributed by atoms with Crippen LogP contribution >= 0.6 is 0 Å². The summed E-state index contributed by atoms with van der Waals surface area (Å²) < 4.78 is 9.48. The van der Waals surface area contributed by atoms with Crippen LogP contribution in [0.1, 0.15) is 40.0 Å². The number of anilines is 1. The number of carbonyl (C=O) groups excluding carboxylic acids is 1. The van der Waals surface area contributed by atoms with Gasteiger partial charge in [0.1, 0.15) is 11.9 Å². The predicted octanol–water partition coefficient (Wildman–Crippen LogP) is 2.49. The molecule has 0 aliphatic heterocycles. The summed E-state index contributed by atoms with van der Waals surface area (Å²) >= 11 is 0. The summed E-state index contributed by atoms with van der Waals surface area (Å²) in [4.78, 5) is 12.4. The second kappa shape index (κ2) is 6.78. The Bertz CT molecular complexity index is 730. The lowest BCUT2D eigenvalue weighted by molar-refractivity contribution is 0.175. The number of urea groups is 1. The van der Waals surface area contributed by atoms with Crippen LogP contribution in [0.4, 0.5) is 10.6 Å². The first-order chi connectivity index (χ1) is 11.8. The van der Waals surface area contributed by atoms with Gasteiger partial charge in [0.2, 0.25) is 0 Å². The number of aromatic nitrogens is 4. The number of aryl methyl sites for hydroxylation is 1. The topological polar surface area (TPSA) is 86.0 Å². The number of rotatable bonds is 4. The lowest BCUT2D eigenvalue weighted by Crippen LogP contribution is -2.44. The fourth-order valence-corrected chi connectivity index (χ4v) is 3.12. The van der Waals surface area contributed by atoms with E-state index in [0.29, 0.717) is 5.82 Å². The molecule has 0 spiro atoms. The van der Waals surface area contributed by atoms with Crippen LogP contribution in [-0.4, -0.2) is 37.7 Å². The maximum atomic E-state index is 12.4. The van der Waals surface area contributed by atoms with E-state index in [0.717, 1.165) is 25.0 Å². The first kappa shape index (κ1) is 17.3. The summed E-state index contributed by atoms with van der Waals surface area (Å²) in [5.74, 6) is 1.40. The highest BCUT2D eigenvalue weighted by molar-refractivity contribution is 5.88. The van der Waals surface area contributed by atoms with Gasteiger partial charge in [0.25, 0.3) is 0 Å². The minimum atomic E-state index is -0.238. The van der Waals surface area contributed by atoms with E-state index in [4.69, 9.17) is 4.74 Å². The molecular weight excluding hydrogens is 320 g/mol. The summed E-state index contributed by atoms with van der Waals surface area (Å²) in [5, 5.41) is 14.3. The number of ether oxygens (including phenoxy) is 1. The first-order valence-corrected chi connectivity index (χ1v) is 8.60. The summed E-state index contributed by atoms with van der Waals surface area (Å²) in [6.07, 6.45) is 8.01. The fourth-order valence-electron chi connectivity index (χ4n) is 3.12. The second-order valence-electron chi connectivity index (χ2n) is 7.44. The van der Waals surface area contributed by atoms with Crippen molar-refractivity contribution in [1.82, 2.24) is 24.9 Å². The van der Waals surface area contributed by atoms with Crippen LogP contribution in [0.2, 0.25) is 0 Å². The van der Waals surface area contributed by atoms with Crippen LogP contribution < -0.4 is 15.4 Å². The molecule has 8 heteroatoms. The van der Waals surface area contributed by atoms with E-state index in [9.17, 15) is 4.79 Å². The molecule has 1 aliphatic carbocycles. The van der Waals surface area contributed by atoms with E-state index in [-0.39, 0.29) is 23.7 Å². The van der Waals surface area contributed by atoms with E-state index in [1.807, 2.05) is 34.0 Å². The molecule has 2 aromatic heterocycles. The fraction of sp³-hybridized carbons (Fsp3) is 0.588. The zero-order valence-electron chi connectivity index (χ0n) is 15.2. The number of nitrogens with zero attached hydrogens (tertiary/aromatic N) is 4. The van der Waals surface area contributed by atoms with Gasteiger partial charge < -0.3 is 10.1 Å². The monoisotopic (exact) mass is 346 g/mol. The molecule has 3 rings (SSSR count). The molecule has 0 radical (unpaired) electrons. The van der Waals surface area contributed by atoms with Crippen molar-refractivity contribution >= 4 is 11.8 Å². The first-order valence-electron chi connectivity index (χ1n) is 8.60. The molecule has 1 fully saturated rings. The zero-order chi connectivity index (χ0) is 18.0. The smallest absolute Gasteiger partial charge is 0.320 e. The van der Waals surface area contributed by atoms with Crippen molar-refractivity contribution in [1.29, 1.82) is 0 Å². The maximum Gasteiger partial charge on any atom is 0.320 e. The molecule has 1 saturated carbocycles. The zero-order valence-corrected chi connectivity index (χ0v) is 15.2. The van der Waals surface area contributed by atoms with Crippen LogP contribution in [-0.2, 0) is 12.6 Å². The van der Waals surface area contributed by atoms with Gasteiger partial charge in [0.05, 0.1) is 30.2 Å². The van der Waals surface area contributed by atoms with Crippen LogP contribution in [0.25, 0.3) is 0 Å². The van der Waals surface area contributed by atoms with E-state index in [1.165, 1.54) is 0 Å². The van der Waals surface area contributed by atoms with Crippen LogP contribution in [0.15, 0.2) is 24.7 Å². The highest BCUT2D eigenvalue weighted by atomic mass is 16.5. The van der Waals surface area contributed by atoms with Gasteiger partial charge in [0, 0.05) is 13.1 Å². The van der Waals surface area contributed by atoms with Crippen molar-refractivity contribution in [3.8, 4) is 5.75 Å². The van der Waals surface area contributed by atoms with Gasteiger partial charge in [-0.05, 0) is 40.0 Å². The standard InChI is InChI=1S/C17H26N6O2/c1-17(2,3)23-15(8-9-18-23)21-16(24)20-13-6-5-7-14(13)25-12-10-19-22(4)11-12/h8-11,13-14H,5-7H2,1-4H3,(H2,20,21,24)/t13-,14+/m0/s1. The molecule has 0 aromatic carbocycles. The van der Waals surface area contributed by atoms with Crippen molar-refractivity contribution in [3.05, 3.63) is 24.7 Å². The molecule has 0 saturated heterocycles. The van der Waals surface area contributed by atoms with Crippen LogP contribution in [0.5, 0.6) is 5.75 Å².